The van der Waals surface area contributed by atoms with Crippen LogP contribution in [-0.2, 0) is 24.2 Å². The molecule has 0 fully saturated rings. The molecule has 172 valence electrons. The van der Waals surface area contributed by atoms with E-state index in [0.717, 1.165) is 17.2 Å². The largest absolute Gasteiger partial charge is 0.485 e. The molecule has 0 heterocycles. The van der Waals surface area contributed by atoms with Crippen molar-refractivity contribution in [3.8, 4) is 11.5 Å². The SMILES string of the molecule is CN(C)C(=O)/C=C/c1cc(OCc2ccccc2)c(OCc2ccccc2)c(C(F)(F)F)c1. The van der Waals surface area contributed by atoms with Gasteiger partial charge in [-0.25, -0.2) is 0 Å². The molecule has 3 aromatic rings. The maximum Gasteiger partial charge on any atom is 0.420 e. The average Bonchev–Trinajstić information content (AvgIpc) is 2.80. The predicted octanol–water partition coefficient (Wildman–Crippen LogP) is 5.96. The van der Waals surface area contributed by atoms with Gasteiger partial charge >= 0.3 is 6.18 Å². The van der Waals surface area contributed by atoms with Gasteiger partial charge in [0, 0.05) is 20.2 Å². The van der Waals surface area contributed by atoms with Crippen LogP contribution < -0.4 is 9.47 Å². The first kappa shape index (κ1) is 23.9. The minimum atomic E-state index is -4.69. The molecule has 0 saturated heterocycles. The van der Waals surface area contributed by atoms with Crippen LogP contribution in [0.2, 0.25) is 0 Å². The Hall–Kier alpha value is -3.74. The van der Waals surface area contributed by atoms with Gasteiger partial charge in [-0.2, -0.15) is 13.2 Å². The Balaban J connectivity index is 2.01. The molecule has 0 aliphatic heterocycles. The zero-order valence-corrected chi connectivity index (χ0v) is 18.3. The molecule has 0 aliphatic carbocycles. The topological polar surface area (TPSA) is 38.8 Å². The van der Waals surface area contributed by atoms with Crippen LogP contribution in [-0.4, -0.2) is 24.9 Å². The molecule has 7 heteroatoms. The highest BCUT2D eigenvalue weighted by Gasteiger charge is 2.36. The highest BCUT2D eigenvalue weighted by molar-refractivity contribution is 5.91. The van der Waals surface area contributed by atoms with Crippen LogP contribution in [0.25, 0.3) is 6.08 Å². The lowest BCUT2D eigenvalue weighted by Crippen LogP contribution is -2.18. The predicted molar refractivity (Wildman–Crippen MR) is 121 cm³/mol. The number of hydrogen-bond donors (Lipinski definition) is 0. The van der Waals surface area contributed by atoms with Crippen molar-refractivity contribution in [2.24, 2.45) is 0 Å². The number of benzene rings is 3. The summed E-state index contributed by atoms with van der Waals surface area (Å²) in [4.78, 5) is 13.2. The van der Waals surface area contributed by atoms with E-state index in [1.54, 1.807) is 38.4 Å². The molecule has 0 unspecified atom stereocenters. The Bertz CT molecular complexity index is 1100. The first-order valence-corrected chi connectivity index (χ1v) is 10.2. The summed E-state index contributed by atoms with van der Waals surface area (Å²) in [5, 5.41) is 0. The summed E-state index contributed by atoms with van der Waals surface area (Å²) in [5.74, 6) is -0.792. The van der Waals surface area contributed by atoms with Crippen molar-refractivity contribution in [1.82, 2.24) is 4.90 Å². The first-order valence-electron chi connectivity index (χ1n) is 10.2. The molecule has 4 nitrogen and oxygen atoms in total. The van der Waals surface area contributed by atoms with Crippen molar-refractivity contribution in [3.05, 3.63) is 101 Å². The van der Waals surface area contributed by atoms with Crippen molar-refractivity contribution in [2.75, 3.05) is 14.1 Å². The van der Waals surface area contributed by atoms with E-state index < -0.39 is 17.5 Å². The minimum absolute atomic E-state index is 0.0541. The molecule has 0 atom stereocenters. The molecule has 0 saturated carbocycles. The Labute approximate surface area is 190 Å². The van der Waals surface area contributed by atoms with E-state index in [1.807, 2.05) is 36.4 Å². The summed E-state index contributed by atoms with van der Waals surface area (Å²) in [5.41, 5.74) is 0.720. The molecular formula is C26H24F3NO3. The molecule has 33 heavy (non-hydrogen) atoms. The van der Waals surface area contributed by atoms with Gasteiger partial charge in [0.1, 0.15) is 18.8 Å². The standard InChI is InChI=1S/C26H24F3NO3/c1-30(2)24(31)14-13-21-15-22(26(27,28)29)25(33-18-20-11-7-4-8-12-20)23(16-21)32-17-19-9-5-3-6-10-19/h3-16H,17-18H2,1-2H3/b14-13+. The van der Waals surface area contributed by atoms with Gasteiger partial charge in [-0.05, 0) is 34.9 Å². The van der Waals surface area contributed by atoms with Crippen molar-refractivity contribution in [3.63, 3.8) is 0 Å². The van der Waals surface area contributed by atoms with E-state index in [4.69, 9.17) is 9.47 Å². The second-order valence-corrected chi connectivity index (χ2v) is 7.51. The Morgan fingerprint density at radius 2 is 1.42 bits per heavy atom. The summed E-state index contributed by atoms with van der Waals surface area (Å²) in [6.45, 7) is 0.00352. The van der Waals surface area contributed by atoms with Crippen LogP contribution in [0.5, 0.6) is 11.5 Å². The van der Waals surface area contributed by atoms with E-state index in [1.165, 1.54) is 23.1 Å². The highest BCUT2D eigenvalue weighted by atomic mass is 19.4. The number of ether oxygens (including phenoxy) is 2. The number of likely N-dealkylation sites (N-methyl/N-ethyl adjacent to an activating group) is 1. The molecular weight excluding hydrogens is 431 g/mol. The quantitative estimate of drug-likeness (QED) is 0.393. The third kappa shape index (κ3) is 6.87. The fourth-order valence-electron chi connectivity index (χ4n) is 2.97. The van der Waals surface area contributed by atoms with Crippen LogP contribution in [0, 0.1) is 0 Å². The lowest BCUT2D eigenvalue weighted by atomic mass is 10.1. The molecule has 0 bridgehead atoms. The molecule has 1 amide bonds. The molecule has 0 radical (unpaired) electrons. The number of hydrogen-bond acceptors (Lipinski definition) is 3. The number of rotatable bonds is 8. The molecule has 3 rings (SSSR count). The van der Waals surface area contributed by atoms with Crippen molar-refractivity contribution in [1.29, 1.82) is 0 Å². The van der Waals surface area contributed by atoms with E-state index >= 15 is 0 Å². The van der Waals surface area contributed by atoms with Crippen LogP contribution in [0.1, 0.15) is 22.3 Å². The van der Waals surface area contributed by atoms with Gasteiger partial charge in [0.2, 0.25) is 5.91 Å². The second-order valence-electron chi connectivity index (χ2n) is 7.51. The molecule has 0 N–H and O–H groups in total. The maximum absolute atomic E-state index is 14.0. The van der Waals surface area contributed by atoms with E-state index in [0.29, 0.717) is 0 Å². The summed E-state index contributed by atoms with van der Waals surface area (Å²) in [6, 6.07) is 20.4. The van der Waals surface area contributed by atoms with Crippen LogP contribution in [0.15, 0.2) is 78.9 Å². The van der Waals surface area contributed by atoms with Gasteiger partial charge in [-0.1, -0.05) is 60.7 Å². The van der Waals surface area contributed by atoms with E-state index in [-0.39, 0.29) is 30.4 Å². The van der Waals surface area contributed by atoms with Crippen LogP contribution >= 0.6 is 0 Å². The third-order valence-electron chi connectivity index (χ3n) is 4.70. The van der Waals surface area contributed by atoms with Gasteiger partial charge in [-0.3, -0.25) is 4.79 Å². The fraction of sp³-hybridized carbons (Fsp3) is 0.192. The van der Waals surface area contributed by atoms with Gasteiger partial charge in [0.15, 0.2) is 11.5 Å². The smallest absolute Gasteiger partial charge is 0.420 e. The Kier molecular flexibility index (Phi) is 7.77. The zero-order chi connectivity index (χ0) is 23.8. The number of alkyl halides is 3. The number of carbonyl (C=O) groups is 1. The lowest BCUT2D eigenvalue weighted by molar-refractivity contribution is -0.139. The number of nitrogens with zero attached hydrogens (tertiary/aromatic N) is 1. The molecule has 0 spiro atoms. The minimum Gasteiger partial charge on any atom is -0.485 e. The van der Waals surface area contributed by atoms with Crippen molar-refractivity contribution in [2.45, 2.75) is 19.4 Å². The number of carbonyl (C=O) groups excluding carboxylic acids is 1. The molecule has 3 aromatic carbocycles. The Morgan fingerprint density at radius 3 is 1.94 bits per heavy atom. The van der Waals surface area contributed by atoms with Crippen LogP contribution in [0.4, 0.5) is 13.2 Å². The molecule has 0 aromatic heterocycles. The normalized spacial score (nSPS) is 11.4. The van der Waals surface area contributed by atoms with Gasteiger partial charge < -0.3 is 14.4 Å². The number of amides is 1. The van der Waals surface area contributed by atoms with Crippen molar-refractivity contribution >= 4 is 12.0 Å². The number of halogens is 3. The highest BCUT2D eigenvalue weighted by Crippen LogP contribution is 2.43. The van der Waals surface area contributed by atoms with Crippen molar-refractivity contribution < 1.29 is 27.4 Å². The third-order valence-corrected chi connectivity index (χ3v) is 4.70. The second kappa shape index (κ2) is 10.7. The average molecular weight is 455 g/mol. The van der Waals surface area contributed by atoms with Gasteiger partial charge in [0.25, 0.3) is 0 Å². The summed E-state index contributed by atoms with van der Waals surface area (Å²) in [7, 11) is 3.12. The summed E-state index contributed by atoms with van der Waals surface area (Å²) in [6.07, 6.45) is -2.15. The maximum atomic E-state index is 14.0. The fourth-order valence-corrected chi connectivity index (χ4v) is 2.97. The Morgan fingerprint density at radius 1 is 0.879 bits per heavy atom. The molecule has 0 aliphatic rings. The van der Waals surface area contributed by atoms with Gasteiger partial charge in [-0.15, -0.1) is 0 Å². The monoisotopic (exact) mass is 455 g/mol. The summed E-state index contributed by atoms with van der Waals surface area (Å²) >= 11 is 0. The summed E-state index contributed by atoms with van der Waals surface area (Å²) < 4.78 is 53.4. The van der Waals surface area contributed by atoms with E-state index in [9.17, 15) is 18.0 Å². The van der Waals surface area contributed by atoms with Gasteiger partial charge in [0.05, 0.1) is 0 Å². The zero-order valence-electron chi connectivity index (χ0n) is 18.3. The first-order chi connectivity index (χ1) is 15.7. The lowest BCUT2D eigenvalue weighted by Gasteiger charge is -2.19. The van der Waals surface area contributed by atoms with Crippen LogP contribution in [0.3, 0.4) is 0 Å². The van der Waals surface area contributed by atoms with E-state index in [2.05, 4.69) is 0 Å².